The van der Waals surface area contributed by atoms with Crippen molar-refractivity contribution in [3.05, 3.63) is 59.4 Å². The Morgan fingerprint density at radius 2 is 1.81 bits per heavy atom. The van der Waals surface area contributed by atoms with Crippen molar-refractivity contribution >= 4 is 11.6 Å². The first-order valence-corrected chi connectivity index (χ1v) is 10.00. The molecule has 4 heteroatoms. The van der Waals surface area contributed by atoms with Crippen molar-refractivity contribution in [1.29, 1.82) is 0 Å². The molecule has 4 rings (SSSR count). The number of carbonyl (C=O) groups is 1. The molecule has 0 N–H and O–H groups in total. The summed E-state index contributed by atoms with van der Waals surface area (Å²) in [6, 6.07) is 14.7. The first kappa shape index (κ1) is 18.2. The molecule has 1 aromatic heterocycles. The molecule has 0 bridgehead atoms. The van der Waals surface area contributed by atoms with E-state index in [4.69, 9.17) is 4.98 Å². The van der Waals surface area contributed by atoms with Crippen LogP contribution in [0.2, 0.25) is 0 Å². The topological polar surface area (TPSA) is 36.4 Å². The Balaban J connectivity index is 1.42. The second-order valence-corrected chi connectivity index (χ2v) is 8.66. The number of amides is 1. The largest absolute Gasteiger partial charge is 0.309 e. The molecule has 4 nitrogen and oxygen atoms in total. The molecule has 0 saturated carbocycles. The van der Waals surface area contributed by atoms with E-state index in [2.05, 4.69) is 55.1 Å². The van der Waals surface area contributed by atoms with Crippen LogP contribution in [0, 0.1) is 12.8 Å². The lowest BCUT2D eigenvalue weighted by atomic mass is 9.91. The van der Waals surface area contributed by atoms with E-state index in [1.807, 2.05) is 17.9 Å². The Morgan fingerprint density at radius 1 is 1.11 bits per heavy atom. The molecule has 3 heterocycles. The molecule has 1 amide bonds. The molecule has 1 aromatic carbocycles. The molecule has 0 atom stereocenters. The van der Waals surface area contributed by atoms with E-state index in [9.17, 15) is 4.79 Å². The highest BCUT2D eigenvalue weighted by Crippen LogP contribution is 2.40. The second kappa shape index (κ2) is 7.08. The molecular formula is C23H29N3O. The zero-order chi connectivity index (χ0) is 19.0. The van der Waals surface area contributed by atoms with Gasteiger partial charge in [-0.05, 0) is 50.6 Å². The highest BCUT2D eigenvalue weighted by atomic mass is 16.2. The van der Waals surface area contributed by atoms with E-state index in [1.54, 1.807) is 0 Å². The molecule has 2 aromatic rings. The first-order chi connectivity index (χ1) is 12.9. The van der Waals surface area contributed by atoms with Crippen LogP contribution in [0.4, 0.5) is 5.69 Å². The standard InChI is InChI=1S/C23H29N3O/c1-17-9-10-20-21(24-17)23(2,3)16-26(20)22(27)19-11-13-25(14-12-19)15-18-7-5-4-6-8-18/h4-10,19H,11-16H2,1-3H3. The number of pyridine rings is 1. The van der Waals surface area contributed by atoms with Crippen LogP contribution in [0.25, 0.3) is 0 Å². The fourth-order valence-corrected chi connectivity index (χ4v) is 4.42. The van der Waals surface area contributed by atoms with Crippen molar-refractivity contribution in [3.8, 4) is 0 Å². The Labute approximate surface area is 162 Å². The zero-order valence-corrected chi connectivity index (χ0v) is 16.6. The Morgan fingerprint density at radius 3 is 2.52 bits per heavy atom. The van der Waals surface area contributed by atoms with E-state index < -0.39 is 0 Å². The predicted octanol–water partition coefficient (Wildman–Crippen LogP) is 3.93. The number of aromatic nitrogens is 1. The van der Waals surface area contributed by atoms with Crippen molar-refractivity contribution in [3.63, 3.8) is 0 Å². The molecule has 27 heavy (non-hydrogen) atoms. The summed E-state index contributed by atoms with van der Waals surface area (Å²) in [6.07, 6.45) is 1.88. The molecule has 2 aliphatic rings. The number of piperidine rings is 1. The number of hydrogen-bond donors (Lipinski definition) is 0. The molecule has 0 spiro atoms. The van der Waals surface area contributed by atoms with Gasteiger partial charge in [-0.1, -0.05) is 44.2 Å². The van der Waals surface area contributed by atoms with Crippen LogP contribution in [0.1, 0.15) is 43.6 Å². The maximum absolute atomic E-state index is 13.3. The van der Waals surface area contributed by atoms with Gasteiger partial charge in [-0.3, -0.25) is 14.7 Å². The van der Waals surface area contributed by atoms with Gasteiger partial charge in [0.15, 0.2) is 0 Å². The number of aryl methyl sites for hydroxylation is 1. The van der Waals surface area contributed by atoms with Crippen molar-refractivity contribution in [2.24, 2.45) is 5.92 Å². The molecule has 2 aliphatic heterocycles. The molecule has 1 saturated heterocycles. The maximum atomic E-state index is 13.3. The normalized spacial score (nSPS) is 19.9. The van der Waals surface area contributed by atoms with E-state index in [0.717, 1.165) is 56.1 Å². The van der Waals surface area contributed by atoms with Gasteiger partial charge >= 0.3 is 0 Å². The van der Waals surface area contributed by atoms with Crippen LogP contribution in [0.15, 0.2) is 42.5 Å². The Bertz CT molecular complexity index is 823. The number of fused-ring (bicyclic) bond motifs is 1. The van der Waals surface area contributed by atoms with Crippen LogP contribution in [0.3, 0.4) is 0 Å². The van der Waals surface area contributed by atoms with Gasteiger partial charge in [0.05, 0.1) is 11.4 Å². The lowest BCUT2D eigenvalue weighted by Gasteiger charge is -2.33. The van der Waals surface area contributed by atoms with Crippen LogP contribution in [-0.4, -0.2) is 35.4 Å². The van der Waals surface area contributed by atoms with Gasteiger partial charge in [0.2, 0.25) is 5.91 Å². The van der Waals surface area contributed by atoms with E-state index in [-0.39, 0.29) is 17.2 Å². The number of rotatable bonds is 3. The number of carbonyl (C=O) groups excluding carboxylic acids is 1. The van der Waals surface area contributed by atoms with Crippen LogP contribution in [-0.2, 0) is 16.8 Å². The first-order valence-electron chi connectivity index (χ1n) is 10.00. The third-order valence-electron chi connectivity index (χ3n) is 5.95. The summed E-state index contributed by atoms with van der Waals surface area (Å²) in [5.41, 5.74) is 4.37. The summed E-state index contributed by atoms with van der Waals surface area (Å²) in [5, 5.41) is 0. The van der Waals surface area contributed by atoms with E-state index in [1.165, 1.54) is 5.56 Å². The monoisotopic (exact) mass is 363 g/mol. The average molecular weight is 364 g/mol. The van der Waals surface area contributed by atoms with Gasteiger partial charge in [-0.25, -0.2) is 0 Å². The van der Waals surface area contributed by atoms with Crippen LogP contribution < -0.4 is 4.90 Å². The molecule has 0 aliphatic carbocycles. The van der Waals surface area contributed by atoms with Crippen molar-refractivity contribution in [1.82, 2.24) is 9.88 Å². The fraction of sp³-hybridized carbons (Fsp3) is 0.478. The molecule has 142 valence electrons. The zero-order valence-electron chi connectivity index (χ0n) is 16.6. The lowest BCUT2D eigenvalue weighted by molar-refractivity contribution is -0.123. The maximum Gasteiger partial charge on any atom is 0.230 e. The highest BCUT2D eigenvalue weighted by Gasteiger charge is 2.41. The number of hydrogen-bond acceptors (Lipinski definition) is 3. The summed E-state index contributed by atoms with van der Waals surface area (Å²) in [7, 11) is 0. The molecule has 0 unspecified atom stereocenters. The molecular weight excluding hydrogens is 334 g/mol. The highest BCUT2D eigenvalue weighted by molar-refractivity contribution is 5.97. The van der Waals surface area contributed by atoms with Gasteiger partial charge in [0, 0.05) is 30.1 Å². The summed E-state index contributed by atoms with van der Waals surface area (Å²) in [6.45, 7) is 10.1. The number of anilines is 1. The smallest absolute Gasteiger partial charge is 0.230 e. The van der Waals surface area contributed by atoms with Gasteiger partial charge in [0.1, 0.15) is 0 Å². The quantitative estimate of drug-likeness (QED) is 0.829. The van der Waals surface area contributed by atoms with Crippen LogP contribution in [0.5, 0.6) is 0 Å². The minimum absolute atomic E-state index is 0.0783. The van der Waals surface area contributed by atoms with Gasteiger partial charge in [0.25, 0.3) is 0 Å². The molecule has 1 fully saturated rings. The second-order valence-electron chi connectivity index (χ2n) is 8.66. The summed E-state index contributed by atoms with van der Waals surface area (Å²) in [5.74, 6) is 0.409. The number of nitrogens with zero attached hydrogens (tertiary/aromatic N) is 3. The van der Waals surface area contributed by atoms with Crippen molar-refractivity contribution < 1.29 is 4.79 Å². The third-order valence-corrected chi connectivity index (χ3v) is 5.95. The van der Waals surface area contributed by atoms with Gasteiger partial charge < -0.3 is 4.90 Å². The number of likely N-dealkylation sites (tertiary alicyclic amines) is 1. The van der Waals surface area contributed by atoms with Gasteiger partial charge in [-0.2, -0.15) is 0 Å². The minimum Gasteiger partial charge on any atom is -0.309 e. The summed E-state index contributed by atoms with van der Waals surface area (Å²) in [4.78, 5) is 22.5. The van der Waals surface area contributed by atoms with E-state index in [0.29, 0.717) is 0 Å². The summed E-state index contributed by atoms with van der Waals surface area (Å²) < 4.78 is 0. The minimum atomic E-state index is -0.0783. The van der Waals surface area contributed by atoms with E-state index >= 15 is 0 Å². The van der Waals surface area contributed by atoms with Crippen molar-refractivity contribution in [2.45, 2.75) is 45.6 Å². The van der Waals surface area contributed by atoms with Crippen molar-refractivity contribution in [2.75, 3.05) is 24.5 Å². The third kappa shape index (κ3) is 3.63. The van der Waals surface area contributed by atoms with Gasteiger partial charge in [-0.15, -0.1) is 0 Å². The predicted molar refractivity (Wildman–Crippen MR) is 109 cm³/mol. The SMILES string of the molecule is Cc1ccc2c(n1)C(C)(C)CN2C(=O)C1CCN(Cc2ccccc2)CC1. The summed E-state index contributed by atoms with van der Waals surface area (Å²) >= 11 is 0. The fourth-order valence-electron chi connectivity index (χ4n) is 4.42. The Kier molecular flexibility index (Phi) is 4.77. The number of benzene rings is 1. The lowest BCUT2D eigenvalue weighted by Crippen LogP contribution is -2.43. The average Bonchev–Trinajstić information content (AvgIpc) is 2.93. The van der Waals surface area contributed by atoms with Crippen LogP contribution >= 0.6 is 0 Å². The Hall–Kier alpha value is -2.20. The molecule has 0 radical (unpaired) electrons.